The van der Waals surface area contributed by atoms with Crippen LogP contribution in [0.5, 0.6) is 0 Å². The summed E-state index contributed by atoms with van der Waals surface area (Å²) in [4.78, 5) is 14.8. The quantitative estimate of drug-likeness (QED) is 0.469. The Labute approximate surface area is 141 Å². The molecule has 2 nitrogen and oxygen atoms in total. The molecule has 0 aliphatic rings. The zero-order valence-electron chi connectivity index (χ0n) is 12.4. The molecule has 0 unspecified atom stereocenters. The number of halogens is 1. The van der Waals surface area contributed by atoms with Crippen LogP contribution in [0.3, 0.4) is 0 Å². The maximum absolute atomic E-state index is 12.1. The molecule has 0 bridgehead atoms. The highest BCUT2D eigenvalue weighted by Gasteiger charge is 2.05. The van der Waals surface area contributed by atoms with E-state index in [1.54, 1.807) is 36.4 Å². The molecule has 0 saturated carbocycles. The van der Waals surface area contributed by atoms with Gasteiger partial charge >= 0.3 is 0 Å². The van der Waals surface area contributed by atoms with Crippen molar-refractivity contribution in [3.05, 3.63) is 76.3 Å². The molecule has 0 N–H and O–H groups in total. The van der Waals surface area contributed by atoms with Crippen LogP contribution in [0.4, 0.5) is 0 Å². The van der Waals surface area contributed by atoms with E-state index in [1.807, 2.05) is 43.3 Å². The predicted molar refractivity (Wildman–Crippen MR) is 96.6 cm³/mol. The third kappa shape index (κ3) is 4.26. The fourth-order valence-corrected chi connectivity index (χ4v) is 2.14. The van der Waals surface area contributed by atoms with E-state index in [2.05, 4.69) is 0 Å². The van der Waals surface area contributed by atoms with Crippen LogP contribution in [0.25, 0.3) is 6.08 Å². The van der Waals surface area contributed by atoms with Gasteiger partial charge in [-0.1, -0.05) is 66.3 Å². The standard InChI is InChI=1S/C18H16ClNOS/c1-20(2)18(22)15-8-6-14(7-9-15)17(21)12-5-13-3-10-16(19)11-4-13/h3-12H,1-2H3. The second-order valence-electron chi connectivity index (χ2n) is 5.03. The van der Waals surface area contributed by atoms with Gasteiger partial charge < -0.3 is 4.90 Å². The number of ketones is 1. The van der Waals surface area contributed by atoms with Gasteiger partial charge in [-0.15, -0.1) is 0 Å². The molecule has 22 heavy (non-hydrogen) atoms. The van der Waals surface area contributed by atoms with E-state index >= 15 is 0 Å². The minimum Gasteiger partial charge on any atom is -0.368 e. The van der Waals surface area contributed by atoms with E-state index in [0.717, 1.165) is 16.1 Å². The SMILES string of the molecule is CN(C)C(=S)c1ccc(C(=O)C=Cc2ccc(Cl)cc2)cc1. The lowest BCUT2D eigenvalue weighted by molar-refractivity contribution is 0.104. The Hall–Kier alpha value is -1.97. The second kappa shape index (κ2) is 7.34. The highest BCUT2D eigenvalue weighted by atomic mass is 35.5. The molecule has 112 valence electrons. The molecule has 0 radical (unpaired) electrons. The average molecular weight is 330 g/mol. The van der Waals surface area contributed by atoms with Crippen molar-refractivity contribution in [1.82, 2.24) is 4.90 Å². The van der Waals surface area contributed by atoms with Gasteiger partial charge in [0.1, 0.15) is 4.99 Å². The van der Waals surface area contributed by atoms with Gasteiger partial charge in [-0.05, 0) is 23.8 Å². The number of nitrogens with zero attached hydrogens (tertiary/aromatic N) is 1. The Morgan fingerprint density at radius 1 is 1.00 bits per heavy atom. The Morgan fingerprint density at radius 3 is 2.09 bits per heavy atom. The van der Waals surface area contributed by atoms with Crippen molar-refractivity contribution in [1.29, 1.82) is 0 Å². The first kappa shape index (κ1) is 16.4. The van der Waals surface area contributed by atoms with Crippen molar-refractivity contribution < 1.29 is 4.79 Å². The summed E-state index contributed by atoms with van der Waals surface area (Å²) >= 11 is 11.1. The Bertz CT molecular complexity index is 703. The van der Waals surface area contributed by atoms with E-state index in [0.29, 0.717) is 10.6 Å². The van der Waals surface area contributed by atoms with Crippen LogP contribution in [-0.4, -0.2) is 29.8 Å². The van der Waals surface area contributed by atoms with Crippen molar-refractivity contribution in [2.45, 2.75) is 0 Å². The van der Waals surface area contributed by atoms with Gasteiger partial charge in [-0.2, -0.15) is 0 Å². The van der Waals surface area contributed by atoms with Crippen LogP contribution in [0.1, 0.15) is 21.5 Å². The summed E-state index contributed by atoms with van der Waals surface area (Å²) in [6.45, 7) is 0. The maximum atomic E-state index is 12.1. The van der Waals surface area contributed by atoms with Gasteiger partial charge in [0.15, 0.2) is 5.78 Å². The number of carbonyl (C=O) groups excluding carboxylic acids is 1. The summed E-state index contributed by atoms with van der Waals surface area (Å²) in [7, 11) is 3.80. The molecule has 2 aromatic rings. The number of hydrogen-bond donors (Lipinski definition) is 0. The van der Waals surface area contributed by atoms with Crippen molar-refractivity contribution in [2.75, 3.05) is 14.1 Å². The minimum absolute atomic E-state index is 0.0442. The number of carbonyl (C=O) groups is 1. The minimum atomic E-state index is -0.0442. The normalized spacial score (nSPS) is 10.7. The molecule has 0 aliphatic carbocycles. The molecular formula is C18H16ClNOS. The number of benzene rings is 2. The van der Waals surface area contributed by atoms with Gasteiger partial charge in [0, 0.05) is 30.2 Å². The van der Waals surface area contributed by atoms with Gasteiger partial charge in [-0.25, -0.2) is 0 Å². The van der Waals surface area contributed by atoms with Gasteiger partial charge in [0.25, 0.3) is 0 Å². The molecule has 0 aliphatic heterocycles. The van der Waals surface area contributed by atoms with Crippen molar-refractivity contribution in [2.24, 2.45) is 0 Å². The lowest BCUT2D eigenvalue weighted by Gasteiger charge is -2.13. The monoisotopic (exact) mass is 329 g/mol. The molecule has 0 atom stereocenters. The van der Waals surface area contributed by atoms with E-state index in [9.17, 15) is 4.79 Å². The Morgan fingerprint density at radius 2 is 1.55 bits per heavy atom. The molecule has 0 spiro atoms. The van der Waals surface area contributed by atoms with Crippen LogP contribution in [-0.2, 0) is 0 Å². The highest BCUT2D eigenvalue weighted by Crippen LogP contribution is 2.12. The van der Waals surface area contributed by atoms with Crippen molar-refractivity contribution in [3.63, 3.8) is 0 Å². The van der Waals surface area contributed by atoms with Crippen LogP contribution >= 0.6 is 23.8 Å². The largest absolute Gasteiger partial charge is 0.368 e. The summed E-state index contributed by atoms with van der Waals surface area (Å²) in [5.74, 6) is -0.0442. The molecule has 0 amide bonds. The predicted octanol–water partition coefficient (Wildman–Crippen LogP) is 4.47. The van der Waals surface area contributed by atoms with Gasteiger partial charge in [0.05, 0.1) is 0 Å². The third-order valence-corrected chi connectivity index (χ3v) is 3.97. The molecule has 0 fully saturated rings. The molecule has 2 aromatic carbocycles. The van der Waals surface area contributed by atoms with Crippen molar-refractivity contribution >= 4 is 40.7 Å². The smallest absolute Gasteiger partial charge is 0.185 e. The lowest BCUT2D eigenvalue weighted by Crippen LogP contribution is -2.20. The first-order chi connectivity index (χ1) is 10.5. The molecule has 4 heteroatoms. The summed E-state index contributed by atoms with van der Waals surface area (Å²) in [6, 6.07) is 14.6. The Kier molecular flexibility index (Phi) is 5.47. The number of hydrogen-bond acceptors (Lipinski definition) is 2. The first-order valence-corrected chi connectivity index (χ1v) is 7.55. The molecule has 0 saturated heterocycles. The lowest BCUT2D eigenvalue weighted by atomic mass is 10.1. The molecule has 2 rings (SSSR count). The fourth-order valence-electron chi connectivity index (χ4n) is 1.88. The van der Waals surface area contributed by atoms with Crippen LogP contribution in [0.15, 0.2) is 54.6 Å². The Balaban J connectivity index is 2.09. The third-order valence-electron chi connectivity index (χ3n) is 3.12. The van der Waals surface area contributed by atoms with Crippen LogP contribution < -0.4 is 0 Å². The van der Waals surface area contributed by atoms with Crippen molar-refractivity contribution in [3.8, 4) is 0 Å². The maximum Gasteiger partial charge on any atom is 0.185 e. The van der Waals surface area contributed by atoms with Crippen LogP contribution in [0.2, 0.25) is 5.02 Å². The first-order valence-electron chi connectivity index (χ1n) is 6.77. The second-order valence-corrected chi connectivity index (χ2v) is 5.85. The zero-order valence-corrected chi connectivity index (χ0v) is 14.0. The summed E-state index contributed by atoms with van der Waals surface area (Å²) in [5, 5.41) is 0.677. The number of rotatable bonds is 4. The highest BCUT2D eigenvalue weighted by molar-refractivity contribution is 7.80. The van der Waals surface area contributed by atoms with Gasteiger partial charge in [0.2, 0.25) is 0 Å². The topological polar surface area (TPSA) is 20.3 Å². The van der Waals surface area contributed by atoms with E-state index in [1.165, 1.54) is 0 Å². The van der Waals surface area contributed by atoms with E-state index in [4.69, 9.17) is 23.8 Å². The zero-order chi connectivity index (χ0) is 16.1. The molecule has 0 heterocycles. The molecular weight excluding hydrogens is 314 g/mol. The van der Waals surface area contributed by atoms with Gasteiger partial charge in [-0.3, -0.25) is 4.79 Å². The summed E-state index contributed by atoms with van der Waals surface area (Å²) < 4.78 is 0. The summed E-state index contributed by atoms with van der Waals surface area (Å²) in [6.07, 6.45) is 3.33. The number of thiocarbonyl (C=S) groups is 1. The molecule has 0 aromatic heterocycles. The average Bonchev–Trinajstić information content (AvgIpc) is 2.53. The van der Waals surface area contributed by atoms with E-state index < -0.39 is 0 Å². The fraction of sp³-hybridized carbons (Fsp3) is 0.111. The number of allylic oxidation sites excluding steroid dienone is 1. The van der Waals surface area contributed by atoms with Crippen LogP contribution in [0, 0.1) is 0 Å². The van der Waals surface area contributed by atoms with E-state index in [-0.39, 0.29) is 5.78 Å². The summed E-state index contributed by atoms with van der Waals surface area (Å²) in [5.41, 5.74) is 2.50.